The van der Waals surface area contributed by atoms with E-state index in [9.17, 15) is 8.42 Å². The number of ether oxygens (including phenoxy) is 1. The number of methoxy groups -OCH3 is 1. The van der Waals surface area contributed by atoms with E-state index in [4.69, 9.17) is 4.74 Å². The Labute approximate surface area is 156 Å². The largest absolute Gasteiger partial charge is 0.497 e. The number of hydrogen-bond donors (Lipinski definition) is 1. The summed E-state index contributed by atoms with van der Waals surface area (Å²) in [5.74, 6) is 0.621. The minimum absolute atomic E-state index is 0.0702. The normalized spacial score (nSPS) is 12.8. The molecule has 1 N–H and O–H groups in total. The van der Waals surface area contributed by atoms with Gasteiger partial charge < -0.3 is 14.5 Å². The lowest BCUT2D eigenvalue weighted by Crippen LogP contribution is -2.34. The van der Waals surface area contributed by atoms with E-state index in [2.05, 4.69) is 4.72 Å². The standard InChI is InChI=1S/C19H27N3O3S/c1-21(2)16-8-6-15(7-9-16)19(22(3)4)14-20-26(23,24)18-12-10-17(25-5)11-13-18/h6-13,19-20H,14H2,1-5H3/t19-/m0/s1. The number of anilines is 1. The van der Waals surface area contributed by atoms with Gasteiger partial charge in [0.25, 0.3) is 0 Å². The number of nitrogens with zero attached hydrogens (tertiary/aromatic N) is 2. The van der Waals surface area contributed by atoms with Crippen LogP contribution in [0.2, 0.25) is 0 Å². The van der Waals surface area contributed by atoms with Crippen LogP contribution in [0.1, 0.15) is 11.6 Å². The minimum atomic E-state index is -3.58. The van der Waals surface area contributed by atoms with Gasteiger partial charge in [-0.05, 0) is 56.1 Å². The topological polar surface area (TPSA) is 61.9 Å². The highest BCUT2D eigenvalue weighted by Gasteiger charge is 2.20. The first-order chi connectivity index (χ1) is 12.2. The summed E-state index contributed by atoms with van der Waals surface area (Å²) in [7, 11) is 5.81. The Balaban J connectivity index is 2.14. The van der Waals surface area contributed by atoms with Gasteiger partial charge in [-0.15, -0.1) is 0 Å². The van der Waals surface area contributed by atoms with Gasteiger partial charge in [0.1, 0.15) is 5.75 Å². The SMILES string of the molecule is COc1ccc(S(=O)(=O)NC[C@@H](c2ccc(N(C)C)cc2)N(C)C)cc1. The fourth-order valence-electron chi connectivity index (χ4n) is 2.62. The van der Waals surface area contributed by atoms with Crippen LogP contribution in [-0.4, -0.2) is 55.2 Å². The van der Waals surface area contributed by atoms with Gasteiger partial charge in [-0.3, -0.25) is 0 Å². The molecular weight excluding hydrogens is 350 g/mol. The summed E-state index contributed by atoms with van der Waals surface area (Å²) < 4.78 is 32.9. The van der Waals surface area contributed by atoms with Crippen LogP contribution in [0.3, 0.4) is 0 Å². The lowest BCUT2D eigenvalue weighted by molar-refractivity contribution is 0.299. The summed E-state index contributed by atoms with van der Waals surface area (Å²) in [6, 6.07) is 14.4. The zero-order valence-corrected chi connectivity index (χ0v) is 16.7. The second-order valence-corrected chi connectivity index (χ2v) is 8.26. The van der Waals surface area contributed by atoms with E-state index < -0.39 is 10.0 Å². The fraction of sp³-hybridized carbons (Fsp3) is 0.368. The van der Waals surface area contributed by atoms with Crippen molar-refractivity contribution in [3.05, 3.63) is 54.1 Å². The molecule has 2 aromatic rings. The number of likely N-dealkylation sites (N-methyl/N-ethyl adjacent to an activating group) is 1. The molecule has 2 rings (SSSR count). The third-order valence-corrected chi connectivity index (χ3v) is 5.69. The van der Waals surface area contributed by atoms with E-state index in [0.717, 1.165) is 11.3 Å². The molecule has 0 aliphatic heterocycles. The average Bonchev–Trinajstić information content (AvgIpc) is 2.62. The molecule has 0 fully saturated rings. The Hall–Kier alpha value is -2.09. The van der Waals surface area contributed by atoms with Crippen LogP contribution in [0.5, 0.6) is 5.75 Å². The molecule has 0 bridgehead atoms. The molecule has 0 aromatic heterocycles. The lowest BCUT2D eigenvalue weighted by Gasteiger charge is -2.25. The number of benzene rings is 2. The van der Waals surface area contributed by atoms with Crippen LogP contribution in [0.4, 0.5) is 5.69 Å². The van der Waals surface area contributed by atoms with Crippen molar-refractivity contribution >= 4 is 15.7 Å². The van der Waals surface area contributed by atoms with Gasteiger partial charge in [-0.1, -0.05) is 12.1 Å². The predicted molar refractivity (Wildman–Crippen MR) is 105 cm³/mol. The number of rotatable bonds is 8. The summed E-state index contributed by atoms with van der Waals surface area (Å²) in [5.41, 5.74) is 2.16. The van der Waals surface area contributed by atoms with Crippen LogP contribution < -0.4 is 14.4 Å². The van der Waals surface area contributed by atoms with Gasteiger partial charge in [0, 0.05) is 32.4 Å². The molecule has 0 spiro atoms. The molecule has 0 unspecified atom stereocenters. The third-order valence-electron chi connectivity index (χ3n) is 4.25. The highest BCUT2D eigenvalue weighted by atomic mass is 32.2. The second kappa shape index (κ2) is 8.53. The Bertz CT molecular complexity index is 801. The first-order valence-electron chi connectivity index (χ1n) is 8.32. The summed E-state index contributed by atoms with van der Waals surface area (Å²) in [5, 5.41) is 0. The van der Waals surface area contributed by atoms with Crippen molar-refractivity contribution in [2.75, 3.05) is 46.7 Å². The van der Waals surface area contributed by atoms with Gasteiger partial charge in [-0.2, -0.15) is 0 Å². The Morgan fingerprint density at radius 2 is 1.54 bits per heavy atom. The maximum atomic E-state index is 12.6. The molecule has 7 heteroatoms. The van der Waals surface area contributed by atoms with Crippen LogP contribution in [0.15, 0.2) is 53.4 Å². The van der Waals surface area contributed by atoms with E-state index in [1.807, 2.05) is 62.3 Å². The van der Waals surface area contributed by atoms with E-state index >= 15 is 0 Å². The van der Waals surface area contributed by atoms with Crippen LogP contribution in [0, 0.1) is 0 Å². The van der Waals surface area contributed by atoms with Crippen molar-refractivity contribution in [2.24, 2.45) is 0 Å². The number of nitrogens with one attached hydrogen (secondary N) is 1. The fourth-order valence-corrected chi connectivity index (χ4v) is 3.66. The molecule has 0 amide bonds. The molecule has 0 aliphatic carbocycles. The molecule has 6 nitrogen and oxygen atoms in total. The van der Waals surface area contributed by atoms with Crippen molar-refractivity contribution in [3.63, 3.8) is 0 Å². The van der Waals surface area contributed by atoms with E-state index in [-0.39, 0.29) is 17.5 Å². The molecule has 0 heterocycles. The molecule has 0 saturated carbocycles. The van der Waals surface area contributed by atoms with Crippen molar-refractivity contribution in [3.8, 4) is 5.75 Å². The first-order valence-corrected chi connectivity index (χ1v) is 9.80. The van der Waals surface area contributed by atoms with Crippen LogP contribution in [0.25, 0.3) is 0 Å². The van der Waals surface area contributed by atoms with E-state index in [1.54, 1.807) is 19.2 Å². The highest BCUT2D eigenvalue weighted by Crippen LogP contribution is 2.22. The first kappa shape index (κ1) is 20.2. The number of sulfonamides is 1. The van der Waals surface area contributed by atoms with E-state index in [1.165, 1.54) is 12.1 Å². The minimum Gasteiger partial charge on any atom is -0.497 e. The van der Waals surface area contributed by atoms with Gasteiger partial charge in [0.15, 0.2) is 0 Å². The predicted octanol–water partition coefficient (Wildman–Crippen LogP) is 2.34. The zero-order chi connectivity index (χ0) is 19.3. The summed E-state index contributed by atoms with van der Waals surface area (Å²) in [6.07, 6.45) is 0. The molecule has 26 heavy (non-hydrogen) atoms. The van der Waals surface area contributed by atoms with Crippen molar-refractivity contribution in [1.29, 1.82) is 0 Å². The molecule has 2 aromatic carbocycles. The smallest absolute Gasteiger partial charge is 0.240 e. The molecule has 1 atom stereocenters. The maximum Gasteiger partial charge on any atom is 0.240 e. The molecule has 142 valence electrons. The third kappa shape index (κ3) is 4.97. The van der Waals surface area contributed by atoms with Gasteiger partial charge in [0.2, 0.25) is 10.0 Å². The van der Waals surface area contributed by atoms with E-state index in [0.29, 0.717) is 5.75 Å². The van der Waals surface area contributed by atoms with Crippen molar-refractivity contribution in [2.45, 2.75) is 10.9 Å². The quantitative estimate of drug-likeness (QED) is 0.765. The zero-order valence-electron chi connectivity index (χ0n) is 15.9. The molecule has 0 radical (unpaired) electrons. The van der Waals surface area contributed by atoms with Gasteiger partial charge in [0.05, 0.1) is 12.0 Å². The molecular formula is C19H27N3O3S. The molecule has 0 saturated heterocycles. The van der Waals surface area contributed by atoms with Crippen LogP contribution >= 0.6 is 0 Å². The monoisotopic (exact) mass is 377 g/mol. The lowest BCUT2D eigenvalue weighted by atomic mass is 10.1. The maximum absolute atomic E-state index is 12.6. The molecule has 0 aliphatic rings. The van der Waals surface area contributed by atoms with Gasteiger partial charge in [-0.25, -0.2) is 13.1 Å². The second-order valence-electron chi connectivity index (χ2n) is 6.49. The average molecular weight is 378 g/mol. The summed E-state index contributed by atoms with van der Waals surface area (Å²) >= 11 is 0. The van der Waals surface area contributed by atoms with Gasteiger partial charge >= 0.3 is 0 Å². The highest BCUT2D eigenvalue weighted by molar-refractivity contribution is 7.89. The van der Waals surface area contributed by atoms with Crippen molar-refractivity contribution in [1.82, 2.24) is 9.62 Å². The number of hydrogen-bond acceptors (Lipinski definition) is 5. The van der Waals surface area contributed by atoms with Crippen LogP contribution in [-0.2, 0) is 10.0 Å². The summed E-state index contributed by atoms with van der Waals surface area (Å²) in [6.45, 7) is 0.280. The summed E-state index contributed by atoms with van der Waals surface area (Å²) in [4.78, 5) is 4.25. The Morgan fingerprint density at radius 3 is 2.00 bits per heavy atom. The Morgan fingerprint density at radius 1 is 0.962 bits per heavy atom. The Kier molecular flexibility index (Phi) is 6.63. The van der Waals surface area contributed by atoms with Crippen molar-refractivity contribution < 1.29 is 13.2 Å².